The Morgan fingerprint density at radius 3 is 2.96 bits per heavy atom. The second-order valence-corrected chi connectivity index (χ2v) is 6.74. The third kappa shape index (κ3) is 3.26. The standard InChI is InChI=1S/C21H19N5O2/c1-13(27)26(11-14-2-3-15-4-5-20(23)25-19(15)8-14)21-18(9-22)17-6-7-28-12-16(17)10-24-21/h2-5,8,10H,6-7,11-12H2,1H3,(H2,23,25). The number of carbonyl (C=O) groups is 1. The summed E-state index contributed by atoms with van der Waals surface area (Å²) in [4.78, 5) is 22.7. The first-order valence-corrected chi connectivity index (χ1v) is 8.98. The number of hydrogen-bond acceptors (Lipinski definition) is 6. The fraction of sp³-hybridized carbons (Fsp3) is 0.238. The van der Waals surface area contributed by atoms with Gasteiger partial charge in [0.25, 0.3) is 0 Å². The summed E-state index contributed by atoms with van der Waals surface area (Å²) in [5.74, 6) is 0.645. The van der Waals surface area contributed by atoms with Crippen LogP contribution in [0.4, 0.5) is 11.6 Å². The first-order valence-electron chi connectivity index (χ1n) is 8.98. The van der Waals surface area contributed by atoms with Gasteiger partial charge in [-0.1, -0.05) is 12.1 Å². The minimum atomic E-state index is -0.184. The Kier molecular flexibility index (Phi) is 4.63. The lowest BCUT2D eigenvalue weighted by Gasteiger charge is -2.25. The van der Waals surface area contributed by atoms with Gasteiger partial charge < -0.3 is 10.5 Å². The highest BCUT2D eigenvalue weighted by molar-refractivity contribution is 5.92. The molecule has 1 aliphatic rings. The first-order chi connectivity index (χ1) is 13.6. The number of carbonyl (C=O) groups excluding carboxylic acids is 1. The molecule has 0 bridgehead atoms. The van der Waals surface area contributed by atoms with Crippen molar-refractivity contribution in [3.05, 3.63) is 58.8 Å². The second kappa shape index (κ2) is 7.25. The molecule has 0 saturated carbocycles. The summed E-state index contributed by atoms with van der Waals surface area (Å²) < 4.78 is 5.44. The summed E-state index contributed by atoms with van der Waals surface area (Å²) in [6.45, 7) is 2.76. The molecule has 3 heterocycles. The van der Waals surface area contributed by atoms with Gasteiger partial charge in [-0.3, -0.25) is 9.69 Å². The van der Waals surface area contributed by atoms with E-state index in [1.165, 1.54) is 11.8 Å². The van der Waals surface area contributed by atoms with Gasteiger partial charge in [0.05, 0.1) is 30.8 Å². The number of nitrogens with two attached hydrogens (primary N) is 1. The van der Waals surface area contributed by atoms with Crippen molar-refractivity contribution in [1.82, 2.24) is 9.97 Å². The summed E-state index contributed by atoms with van der Waals surface area (Å²) in [6.07, 6.45) is 2.34. The molecule has 7 nitrogen and oxygen atoms in total. The highest BCUT2D eigenvalue weighted by Crippen LogP contribution is 2.28. The molecule has 1 aromatic carbocycles. The lowest BCUT2D eigenvalue weighted by Crippen LogP contribution is -2.30. The molecule has 1 amide bonds. The van der Waals surface area contributed by atoms with E-state index >= 15 is 0 Å². The molecule has 0 unspecified atom stereocenters. The summed E-state index contributed by atoms with van der Waals surface area (Å²) >= 11 is 0. The molecule has 2 N–H and O–H groups in total. The normalized spacial score (nSPS) is 13.0. The molecule has 0 fully saturated rings. The van der Waals surface area contributed by atoms with E-state index in [1.54, 1.807) is 12.3 Å². The maximum atomic E-state index is 12.4. The van der Waals surface area contributed by atoms with Crippen LogP contribution in [0.2, 0.25) is 0 Å². The average Bonchev–Trinajstić information content (AvgIpc) is 2.70. The maximum absolute atomic E-state index is 12.4. The van der Waals surface area contributed by atoms with Crippen LogP contribution in [0.25, 0.3) is 10.9 Å². The number of benzene rings is 1. The van der Waals surface area contributed by atoms with Crippen molar-refractivity contribution >= 4 is 28.4 Å². The summed E-state index contributed by atoms with van der Waals surface area (Å²) in [5, 5.41) is 10.7. The summed E-state index contributed by atoms with van der Waals surface area (Å²) in [6, 6.07) is 11.7. The number of aromatic nitrogens is 2. The van der Waals surface area contributed by atoms with Gasteiger partial charge in [-0.25, -0.2) is 9.97 Å². The Labute approximate surface area is 162 Å². The number of amides is 1. The van der Waals surface area contributed by atoms with Gasteiger partial charge in [0.15, 0.2) is 5.82 Å². The van der Waals surface area contributed by atoms with E-state index in [0.717, 1.165) is 27.6 Å². The zero-order chi connectivity index (χ0) is 19.7. The molecule has 4 rings (SSSR count). The third-order valence-corrected chi connectivity index (χ3v) is 4.88. The Morgan fingerprint density at radius 1 is 1.36 bits per heavy atom. The number of fused-ring (bicyclic) bond motifs is 2. The fourth-order valence-electron chi connectivity index (χ4n) is 3.46. The average molecular weight is 373 g/mol. The molecule has 3 aromatic rings. The Bertz CT molecular complexity index is 1120. The number of pyridine rings is 2. The monoisotopic (exact) mass is 373 g/mol. The van der Waals surface area contributed by atoms with E-state index in [-0.39, 0.29) is 5.91 Å². The topological polar surface area (TPSA) is 105 Å². The summed E-state index contributed by atoms with van der Waals surface area (Å²) in [7, 11) is 0. The van der Waals surface area contributed by atoms with E-state index in [2.05, 4.69) is 16.0 Å². The van der Waals surface area contributed by atoms with Gasteiger partial charge in [-0.05, 0) is 35.7 Å². The van der Waals surface area contributed by atoms with E-state index in [4.69, 9.17) is 10.5 Å². The van der Waals surface area contributed by atoms with Crippen LogP contribution in [0, 0.1) is 11.3 Å². The first kappa shape index (κ1) is 17.9. The van der Waals surface area contributed by atoms with Crippen molar-refractivity contribution in [2.45, 2.75) is 26.5 Å². The number of rotatable bonds is 3. The van der Waals surface area contributed by atoms with Crippen molar-refractivity contribution in [2.24, 2.45) is 0 Å². The van der Waals surface area contributed by atoms with Crippen LogP contribution < -0.4 is 10.6 Å². The molecule has 7 heteroatoms. The number of anilines is 2. The van der Waals surface area contributed by atoms with Crippen LogP contribution in [0.15, 0.2) is 36.5 Å². The number of nitrogen functional groups attached to an aromatic ring is 1. The molecule has 2 aromatic heterocycles. The highest BCUT2D eigenvalue weighted by Gasteiger charge is 2.24. The van der Waals surface area contributed by atoms with Gasteiger partial charge in [-0.15, -0.1) is 0 Å². The molecule has 1 aliphatic heterocycles. The minimum Gasteiger partial charge on any atom is -0.384 e. The van der Waals surface area contributed by atoms with Crippen molar-refractivity contribution in [3.8, 4) is 6.07 Å². The number of nitriles is 1. The molecule has 0 spiro atoms. The molecular weight excluding hydrogens is 354 g/mol. The van der Waals surface area contributed by atoms with Crippen molar-refractivity contribution in [3.63, 3.8) is 0 Å². The predicted octanol–water partition coefficient (Wildman–Crippen LogP) is 2.71. The molecule has 0 atom stereocenters. The molecule has 140 valence electrons. The molecular formula is C21H19N5O2. The molecule has 0 aliphatic carbocycles. The van der Waals surface area contributed by atoms with Crippen molar-refractivity contribution < 1.29 is 9.53 Å². The smallest absolute Gasteiger partial charge is 0.225 e. The van der Waals surface area contributed by atoms with E-state index in [0.29, 0.717) is 43.4 Å². The molecule has 0 radical (unpaired) electrons. The fourth-order valence-corrected chi connectivity index (χ4v) is 3.46. The predicted molar refractivity (Wildman–Crippen MR) is 105 cm³/mol. The van der Waals surface area contributed by atoms with E-state index in [9.17, 15) is 10.1 Å². The number of hydrogen-bond donors (Lipinski definition) is 1. The van der Waals surface area contributed by atoms with Crippen LogP contribution >= 0.6 is 0 Å². The van der Waals surface area contributed by atoms with E-state index in [1.807, 2.05) is 24.3 Å². The van der Waals surface area contributed by atoms with Gasteiger partial charge in [0.1, 0.15) is 11.9 Å². The molecule has 28 heavy (non-hydrogen) atoms. The van der Waals surface area contributed by atoms with Gasteiger partial charge >= 0.3 is 0 Å². The van der Waals surface area contributed by atoms with Crippen LogP contribution in [-0.2, 0) is 29.1 Å². The zero-order valence-corrected chi connectivity index (χ0v) is 15.5. The number of nitrogens with zero attached hydrogens (tertiary/aromatic N) is 4. The van der Waals surface area contributed by atoms with Crippen molar-refractivity contribution in [2.75, 3.05) is 17.2 Å². The highest BCUT2D eigenvalue weighted by atomic mass is 16.5. The van der Waals surface area contributed by atoms with Crippen LogP contribution in [0.5, 0.6) is 0 Å². The SMILES string of the molecule is CC(=O)N(Cc1ccc2ccc(N)nc2c1)c1ncc2c(c1C#N)CCOC2. The maximum Gasteiger partial charge on any atom is 0.225 e. The van der Waals surface area contributed by atoms with Crippen LogP contribution in [-0.4, -0.2) is 22.5 Å². The van der Waals surface area contributed by atoms with Crippen LogP contribution in [0.3, 0.4) is 0 Å². The van der Waals surface area contributed by atoms with Gasteiger partial charge in [0.2, 0.25) is 5.91 Å². The van der Waals surface area contributed by atoms with E-state index < -0.39 is 0 Å². The summed E-state index contributed by atoms with van der Waals surface area (Å²) in [5.41, 5.74) is 9.69. The minimum absolute atomic E-state index is 0.184. The van der Waals surface area contributed by atoms with Gasteiger partial charge in [0, 0.05) is 24.1 Å². The number of ether oxygens (including phenoxy) is 1. The van der Waals surface area contributed by atoms with Crippen LogP contribution in [0.1, 0.15) is 29.2 Å². The third-order valence-electron chi connectivity index (χ3n) is 4.88. The Hall–Kier alpha value is -3.50. The Morgan fingerprint density at radius 2 is 2.18 bits per heavy atom. The second-order valence-electron chi connectivity index (χ2n) is 6.74. The Balaban J connectivity index is 1.75. The zero-order valence-electron chi connectivity index (χ0n) is 15.5. The lowest BCUT2D eigenvalue weighted by atomic mass is 9.99. The quantitative estimate of drug-likeness (QED) is 0.757. The largest absolute Gasteiger partial charge is 0.384 e. The van der Waals surface area contributed by atoms with Gasteiger partial charge in [-0.2, -0.15) is 5.26 Å². The van der Waals surface area contributed by atoms with Crippen molar-refractivity contribution in [1.29, 1.82) is 5.26 Å². The molecule has 0 saturated heterocycles. The lowest BCUT2D eigenvalue weighted by molar-refractivity contribution is -0.116.